The first-order valence-corrected chi connectivity index (χ1v) is 16.6. The zero-order valence-corrected chi connectivity index (χ0v) is 28.2. The monoisotopic (exact) mass is 621 g/mol. The lowest BCUT2D eigenvalue weighted by molar-refractivity contribution is 1.25. The van der Waals surface area contributed by atoms with Gasteiger partial charge < -0.3 is 15.5 Å². The van der Waals surface area contributed by atoms with Gasteiger partial charge in [-0.2, -0.15) is 0 Å². The molecule has 234 valence electrons. The average Bonchev–Trinajstić information content (AvgIpc) is 3.08. The number of anilines is 7. The first-order chi connectivity index (χ1) is 23.3. The number of hydrogen-bond donors (Lipinski definition) is 1. The molecule has 0 aromatic heterocycles. The number of rotatable bonds is 6. The smallest absolute Gasteiger partial charge is 0.0540 e. The highest BCUT2D eigenvalue weighted by Gasteiger charge is 2.22. The molecule has 0 saturated carbocycles. The van der Waals surface area contributed by atoms with Crippen molar-refractivity contribution < 1.29 is 0 Å². The van der Waals surface area contributed by atoms with E-state index in [0.717, 1.165) is 45.4 Å². The number of nitrogen functional groups attached to an aromatic ring is 1. The number of aryl methyl sites for hydroxylation is 5. The van der Waals surface area contributed by atoms with Crippen molar-refractivity contribution >= 4 is 72.1 Å². The van der Waals surface area contributed by atoms with E-state index in [4.69, 9.17) is 5.73 Å². The molecule has 0 aliphatic carbocycles. The number of nitrogens with two attached hydrogens (primary N) is 1. The van der Waals surface area contributed by atoms with Gasteiger partial charge in [0.2, 0.25) is 0 Å². The second kappa shape index (κ2) is 11.5. The summed E-state index contributed by atoms with van der Waals surface area (Å²) in [7, 11) is 0. The number of hydrogen-bond acceptors (Lipinski definition) is 3. The Morgan fingerprint density at radius 3 is 1.33 bits per heavy atom. The van der Waals surface area contributed by atoms with Gasteiger partial charge in [-0.15, -0.1) is 0 Å². The van der Waals surface area contributed by atoms with E-state index in [0.29, 0.717) is 0 Å². The van der Waals surface area contributed by atoms with E-state index < -0.39 is 0 Å². The van der Waals surface area contributed by atoms with E-state index in [1.807, 2.05) is 0 Å². The van der Waals surface area contributed by atoms with Gasteiger partial charge in [0.05, 0.1) is 11.4 Å². The van der Waals surface area contributed by atoms with Crippen molar-refractivity contribution in [1.82, 2.24) is 0 Å². The van der Waals surface area contributed by atoms with E-state index in [-0.39, 0.29) is 0 Å². The standard InChI is InChI=1S/C45H39N3/c1-28-8-6-10-35(24-28)47(37-18-12-30(3)32(5)26-37)42-22-16-33-15-21-40-43(23-17-34-14-20-39(42)44(33)45(34)40)48(36-11-7-9-29(2)25-36)38-19-13-31(4)41(46)27-38/h6-27H,46H2,1-5H3. The summed E-state index contributed by atoms with van der Waals surface area (Å²) in [5, 5.41) is 7.44. The van der Waals surface area contributed by atoms with Crippen LogP contribution in [0.2, 0.25) is 0 Å². The molecule has 0 atom stereocenters. The summed E-state index contributed by atoms with van der Waals surface area (Å²) >= 11 is 0. The van der Waals surface area contributed by atoms with Gasteiger partial charge >= 0.3 is 0 Å². The van der Waals surface area contributed by atoms with Gasteiger partial charge in [-0.25, -0.2) is 0 Å². The summed E-state index contributed by atoms with van der Waals surface area (Å²) in [6.45, 7) is 10.7. The van der Waals surface area contributed by atoms with Crippen LogP contribution in [0.25, 0.3) is 32.3 Å². The molecule has 0 fully saturated rings. The van der Waals surface area contributed by atoms with E-state index in [9.17, 15) is 0 Å². The fourth-order valence-electron chi connectivity index (χ4n) is 7.18. The van der Waals surface area contributed by atoms with Crippen LogP contribution in [0.4, 0.5) is 39.8 Å². The van der Waals surface area contributed by atoms with Crippen molar-refractivity contribution in [2.45, 2.75) is 34.6 Å². The Kier molecular flexibility index (Phi) is 7.07. The highest BCUT2D eigenvalue weighted by atomic mass is 15.1. The van der Waals surface area contributed by atoms with E-state index >= 15 is 0 Å². The quantitative estimate of drug-likeness (QED) is 0.148. The summed E-state index contributed by atoms with van der Waals surface area (Å²) in [6, 6.07) is 48.9. The Morgan fingerprint density at radius 2 is 0.854 bits per heavy atom. The van der Waals surface area contributed by atoms with Crippen LogP contribution < -0.4 is 15.5 Å². The fourth-order valence-corrected chi connectivity index (χ4v) is 7.18. The Bertz CT molecular complexity index is 2320. The molecule has 48 heavy (non-hydrogen) atoms. The molecule has 0 amide bonds. The second-order valence-electron chi connectivity index (χ2n) is 13.3. The molecule has 0 aliphatic heterocycles. The number of nitrogens with zero attached hydrogens (tertiary/aromatic N) is 2. The Balaban J connectivity index is 1.42. The van der Waals surface area contributed by atoms with Gasteiger partial charge in [-0.1, -0.05) is 72.8 Å². The van der Waals surface area contributed by atoms with Crippen LogP contribution in [0.1, 0.15) is 27.8 Å². The van der Waals surface area contributed by atoms with Gasteiger partial charge in [0, 0.05) is 39.2 Å². The summed E-state index contributed by atoms with van der Waals surface area (Å²) < 4.78 is 0. The third-order valence-electron chi connectivity index (χ3n) is 9.89. The van der Waals surface area contributed by atoms with Crippen molar-refractivity contribution in [2.24, 2.45) is 0 Å². The lowest BCUT2D eigenvalue weighted by Gasteiger charge is -2.30. The van der Waals surface area contributed by atoms with Crippen molar-refractivity contribution in [2.75, 3.05) is 15.5 Å². The number of benzene rings is 8. The maximum atomic E-state index is 6.51. The van der Waals surface area contributed by atoms with Crippen molar-refractivity contribution in [1.29, 1.82) is 0 Å². The minimum Gasteiger partial charge on any atom is -0.398 e. The molecule has 8 aromatic rings. The van der Waals surface area contributed by atoms with Crippen molar-refractivity contribution in [3.8, 4) is 0 Å². The van der Waals surface area contributed by atoms with Gasteiger partial charge in [0.1, 0.15) is 0 Å². The van der Waals surface area contributed by atoms with Crippen LogP contribution in [0, 0.1) is 34.6 Å². The van der Waals surface area contributed by atoms with Crippen LogP contribution in [-0.4, -0.2) is 0 Å². The second-order valence-corrected chi connectivity index (χ2v) is 13.3. The first-order valence-electron chi connectivity index (χ1n) is 16.6. The highest BCUT2D eigenvalue weighted by molar-refractivity contribution is 6.28. The highest BCUT2D eigenvalue weighted by Crippen LogP contribution is 2.47. The summed E-state index contributed by atoms with van der Waals surface area (Å²) in [5.74, 6) is 0. The van der Waals surface area contributed by atoms with Crippen LogP contribution in [0.3, 0.4) is 0 Å². The molecular weight excluding hydrogens is 583 g/mol. The van der Waals surface area contributed by atoms with Crippen LogP contribution in [0.15, 0.2) is 133 Å². The molecule has 0 unspecified atom stereocenters. The zero-order chi connectivity index (χ0) is 33.1. The van der Waals surface area contributed by atoms with Crippen molar-refractivity contribution in [3.05, 3.63) is 161 Å². The maximum Gasteiger partial charge on any atom is 0.0540 e. The van der Waals surface area contributed by atoms with Gasteiger partial charge in [-0.3, -0.25) is 0 Å². The van der Waals surface area contributed by atoms with E-state index in [1.54, 1.807) is 0 Å². The zero-order valence-electron chi connectivity index (χ0n) is 28.2. The molecule has 3 nitrogen and oxygen atoms in total. The van der Waals surface area contributed by atoms with E-state index in [2.05, 4.69) is 178 Å². The van der Waals surface area contributed by atoms with Gasteiger partial charge in [-0.05, 0) is 145 Å². The molecular formula is C45H39N3. The third-order valence-corrected chi connectivity index (χ3v) is 9.89. The predicted molar refractivity (Wildman–Crippen MR) is 208 cm³/mol. The lowest BCUT2D eigenvalue weighted by atomic mass is 9.91. The Labute approximate surface area is 282 Å². The molecule has 0 radical (unpaired) electrons. The van der Waals surface area contributed by atoms with Gasteiger partial charge in [0.25, 0.3) is 0 Å². The molecule has 2 N–H and O–H groups in total. The first kappa shape index (κ1) is 29.6. The lowest BCUT2D eigenvalue weighted by Crippen LogP contribution is -2.12. The minimum absolute atomic E-state index is 0.787. The molecule has 8 aromatic carbocycles. The fraction of sp³-hybridized carbons (Fsp3) is 0.111. The summed E-state index contributed by atoms with van der Waals surface area (Å²) in [6.07, 6.45) is 0. The molecule has 0 saturated heterocycles. The topological polar surface area (TPSA) is 32.5 Å². The molecule has 8 rings (SSSR count). The van der Waals surface area contributed by atoms with Crippen molar-refractivity contribution in [3.63, 3.8) is 0 Å². The normalized spacial score (nSPS) is 11.5. The Hall–Kier alpha value is -5.80. The molecule has 3 heteroatoms. The molecule has 0 spiro atoms. The Morgan fingerprint density at radius 1 is 0.396 bits per heavy atom. The minimum atomic E-state index is 0.787. The maximum absolute atomic E-state index is 6.51. The average molecular weight is 622 g/mol. The molecule has 0 bridgehead atoms. The van der Waals surface area contributed by atoms with Crippen LogP contribution >= 0.6 is 0 Å². The molecule has 0 heterocycles. The van der Waals surface area contributed by atoms with Crippen LogP contribution in [0.5, 0.6) is 0 Å². The van der Waals surface area contributed by atoms with Crippen LogP contribution in [-0.2, 0) is 0 Å². The predicted octanol–water partition coefficient (Wildman–Crippen LogP) is 12.6. The SMILES string of the molecule is Cc1cccc(N(c2ccc(C)c(C)c2)c2ccc3ccc4c(N(c5cccc(C)c5)c5ccc(C)c(N)c5)ccc5ccc2c3c54)c1. The third kappa shape index (κ3) is 4.91. The van der Waals surface area contributed by atoms with Gasteiger partial charge in [0.15, 0.2) is 0 Å². The molecule has 0 aliphatic rings. The summed E-state index contributed by atoms with van der Waals surface area (Å²) in [5.41, 5.74) is 20.1. The summed E-state index contributed by atoms with van der Waals surface area (Å²) in [4.78, 5) is 4.77. The van der Waals surface area contributed by atoms with E-state index in [1.165, 1.54) is 54.6 Å². The largest absolute Gasteiger partial charge is 0.398 e.